The topological polar surface area (TPSA) is 35.9 Å². The van der Waals surface area contributed by atoms with Gasteiger partial charge in [-0.05, 0) is 38.1 Å². The van der Waals surface area contributed by atoms with Crippen LogP contribution >= 0.6 is 0 Å². The van der Waals surface area contributed by atoms with Crippen LogP contribution < -0.4 is 4.90 Å². The average Bonchev–Trinajstić information content (AvgIpc) is 2.76. The molecule has 0 aliphatic rings. The van der Waals surface area contributed by atoms with Crippen molar-refractivity contribution in [2.75, 3.05) is 18.0 Å². The molecular formula is C24H25N3O. The molecule has 3 aromatic rings. The second kappa shape index (κ2) is 9.51. The molecule has 0 unspecified atom stereocenters. The Balaban J connectivity index is 2.19. The predicted molar refractivity (Wildman–Crippen MR) is 116 cm³/mol. The van der Waals surface area contributed by atoms with E-state index < -0.39 is 0 Å². The molecule has 0 N–H and O–H groups in total. The molecule has 4 heteroatoms. The van der Waals surface area contributed by atoms with Gasteiger partial charge in [0, 0.05) is 30.0 Å². The lowest BCUT2D eigenvalue weighted by Gasteiger charge is -2.27. The predicted octanol–water partition coefficient (Wildman–Crippen LogP) is 5.73. The number of rotatable bonds is 5. The third-order valence-corrected chi connectivity index (χ3v) is 4.51. The Kier molecular flexibility index (Phi) is 6.58. The first kappa shape index (κ1) is 19.4. The average molecular weight is 371 g/mol. The SMILES string of the molecule is CCN(CC)C(=O)/N=C(\c1ccccc1)N(c1ccccc1)c1ccccc1. The number of urea groups is 1. The molecule has 0 aliphatic carbocycles. The van der Waals surface area contributed by atoms with Gasteiger partial charge in [-0.25, -0.2) is 4.79 Å². The molecule has 0 radical (unpaired) electrons. The van der Waals surface area contributed by atoms with Gasteiger partial charge in [0.15, 0.2) is 5.84 Å². The van der Waals surface area contributed by atoms with Gasteiger partial charge < -0.3 is 4.90 Å². The van der Waals surface area contributed by atoms with Crippen LogP contribution in [0.25, 0.3) is 0 Å². The van der Waals surface area contributed by atoms with Crippen molar-refractivity contribution in [1.29, 1.82) is 0 Å². The fraction of sp³-hybridized carbons (Fsp3) is 0.167. The molecule has 2 amide bonds. The van der Waals surface area contributed by atoms with E-state index in [0.717, 1.165) is 16.9 Å². The zero-order valence-corrected chi connectivity index (χ0v) is 16.3. The summed E-state index contributed by atoms with van der Waals surface area (Å²) in [6.07, 6.45) is 0. The summed E-state index contributed by atoms with van der Waals surface area (Å²) in [6.45, 7) is 5.17. The van der Waals surface area contributed by atoms with E-state index in [-0.39, 0.29) is 6.03 Å². The molecule has 142 valence electrons. The van der Waals surface area contributed by atoms with Gasteiger partial charge in [0.25, 0.3) is 0 Å². The van der Waals surface area contributed by atoms with Crippen LogP contribution in [0.4, 0.5) is 16.2 Å². The highest BCUT2D eigenvalue weighted by molar-refractivity contribution is 6.17. The van der Waals surface area contributed by atoms with Crippen molar-refractivity contribution >= 4 is 23.2 Å². The van der Waals surface area contributed by atoms with E-state index in [1.54, 1.807) is 4.90 Å². The lowest BCUT2D eigenvalue weighted by atomic mass is 10.1. The standard InChI is InChI=1S/C24H25N3O/c1-3-26(4-2)24(28)25-23(20-14-8-5-9-15-20)27(21-16-10-6-11-17-21)22-18-12-7-13-19-22/h5-19H,3-4H2,1-2H3/b25-23+. The van der Waals surface area contributed by atoms with Crippen molar-refractivity contribution in [3.8, 4) is 0 Å². The number of carbonyl (C=O) groups is 1. The largest absolute Gasteiger partial charge is 0.345 e. The highest BCUT2D eigenvalue weighted by Crippen LogP contribution is 2.28. The molecule has 0 saturated heterocycles. The minimum atomic E-state index is -0.235. The number of hydrogen-bond donors (Lipinski definition) is 0. The van der Waals surface area contributed by atoms with Crippen molar-refractivity contribution < 1.29 is 4.79 Å². The van der Waals surface area contributed by atoms with E-state index in [2.05, 4.69) is 4.99 Å². The first-order valence-corrected chi connectivity index (χ1v) is 9.57. The van der Waals surface area contributed by atoms with Gasteiger partial charge in [0.1, 0.15) is 0 Å². The first-order valence-electron chi connectivity index (χ1n) is 9.57. The molecule has 0 bridgehead atoms. The van der Waals surface area contributed by atoms with Gasteiger partial charge in [0.05, 0.1) is 0 Å². The van der Waals surface area contributed by atoms with Crippen LogP contribution in [0.1, 0.15) is 19.4 Å². The molecule has 0 spiro atoms. The highest BCUT2D eigenvalue weighted by atomic mass is 16.2. The maximum absolute atomic E-state index is 12.9. The summed E-state index contributed by atoms with van der Waals surface area (Å²) >= 11 is 0. The molecule has 0 heterocycles. The van der Waals surface area contributed by atoms with Gasteiger partial charge in [0.2, 0.25) is 0 Å². The molecule has 0 aromatic heterocycles. The Labute approximate surface area is 166 Å². The Morgan fingerprint density at radius 1 is 0.714 bits per heavy atom. The Hall–Kier alpha value is -3.40. The summed E-state index contributed by atoms with van der Waals surface area (Å²) in [4.78, 5) is 21.2. The van der Waals surface area contributed by atoms with Crippen molar-refractivity contribution in [1.82, 2.24) is 4.90 Å². The van der Waals surface area contributed by atoms with Gasteiger partial charge in [-0.1, -0.05) is 66.7 Å². The van der Waals surface area contributed by atoms with Crippen LogP contribution in [-0.4, -0.2) is 29.9 Å². The quantitative estimate of drug-likeness (QED) is 0.424. The third kappa shape index (κ3) is 4.46. The normalized spacial score (nSPS) is 11.1. The van der Waals surface area contributed by atoms with Crippen LogP contribution in [0.15, 0.2) is 96.0 Å². The highest BCUT2D eigenvalue weighted by Gasteiger charge is 2.20. The van der Waals surface area contributed by atoms with E-state index in [1.165, 1.54) is 0 Å². The number of anilines is 2. The lowest BCUT2D eigenvalue weighted by molar-refractivity contribution is 0.213. The fourth-order valence-electron chi connectivity index (χ4n) is 3.03. The zero-order chi connectivity index (χ0) is 19.8. The number of amidine groups is 1. The molecule has 28 heavy (non-hydrogen) atoms. The summed E-state index contributed by atoms with van der Waals surface area (Å²) in [7, 11) is 0. The second-order valence-corrected chi connectivity index (χ2v) is 6.26. The Bertz CT molecular complexity index is 865. The summed E-state index contributed by atoms with van der Waals surface area (Å²) < 4.78 is 0. The fourth-order valence-corrected chi connectivity index (χ4v) is 3.03. The van der Waals surface area contributed by atoms with E-state index in [0.29, 0.717) is 18.9 Å². The molecule has 3 aromatic carbocycles. The maximum Gasteiger partial charge on any atom is 0.345 e. The molecule has 0 atom stereocenters. The van der Waals surface area contributed by atoms with Crippen molar-refractivity contribution in [2.45, 2.75) is 13.8 Å². The van der Waals surface area contributed by atoms with Crippen molar-refractivity contribution in [3.63, 3.8) is 0 Å². The van der Waals surface area contributed by atoms with Gasteiger partial charge >= 0.3 is 6.03 Å². The van der Waals surface area contributed by atoms with Crippen LogP contribution in [0.2, 0.25) is 0 Å². The van der Waals surface area contributed by atoms with E-state index >= 15 is 0 Å². The molecule has 0 aliphatic heterocycles. The Morgan fingerprint density at radius 3 is 1.57 bits per heavy atom. The van der Waals surface area contributed by atoms with Gasteiger partial charge in [-0.15, -0.1) is 0 Å². The molecular weight excluding hydrogens is 346 g/mol. The number of carbonyl (C=O) groups excluding carboxylic acids is 1. The van der Waals surface area contributed by atoms with Gasteiger partial charge in [-0.2, -0.15) is 4.99 Å². The van der Waals surface area contributed by atoms with Crippen LogP contribution in [0.3, 0.4) is 0 Å². The molecule has 0 saturated carbocycles. The number of nitrogens with zero attached hydrogens (tertiary/aromatic N) is 3. The van der Waals surface area contributed by atoms with Crippen molar-refractivity contribution in [3.05, 3.63) is 96.6 Å². The molecule has 4 nitrogen and oxygen atoms in total. The number of benzene rings is 3. The lowest BCUT2D eigenvalue weighted by Crippen LogP contribution is -2.33. The smallest absolute Gasteiger partial charge is 0.323 e. The number of para-hydroxylation sites is 2. The molecule has 3 rings (SSSR count). The van der Waals surface area contributed by atoms with Gasteiger partial charge in [-0.3, -0.25) is 4.90 Å². The van der Waals surface area contributed by atoms with Crippen LogP contribution in [-0.2, 0) is 0 Å². The maximum atomic E-state index is 12.9. The van der Waals surface area contributed by atoms with Crippen molar-refractivity contribution in [2.24, 2.45) is 4.99 Å². The van der Waals surface area contributed by atoms with E-state index in [4.69, 9.17) is 0 Å². The number of hydrogen-bond acceptors (Lipinski definition) is 1. The monoisotopic (exact) mass is 371 g/mol. The summed E-state index contributed by atoms with van der Waals surface area (Å²) in [6, 6.07) is 29.6. The van der Waals surface area contributed by atoms with E-state index in [9.17, 15) is 4.79 Å². The van der Waals surface area contributed by atoms with E-state index in [1.807, 2.05) is 110 Å². The summed E-state index contributed by atoms with van der Waals surface area (Å²) in [5.41, 5.74) is 2.78. The minimum Gasteiger partial charge on any atom is -0.323 e. The Morgan fingerprint density at radius 2 is 1.14 bits per heavy atom. The third-order valence-electron chi connectivity index (χ3n) is 4.51. The summed E-state index contributed by atoms with van der Waals surface area (Å²) in [5, 5.41) is 0. The summed E-state index contributed by atoms with van der Waals surface area (Å²) in [5.74, 6) is 0.606. The first-order chi connectivity index (χ1) is 13.7. The molecule has 0 fully saturated rings. The minimum absolute atomic E-state index is 0.235. The second-order valence-electron chi connectivity index (χ2n) is 6.26. The number of amides is 2. The zero-order valence-electron chi connectivity index (χ0n) is 16.3. The number of aliphatic imine (C=N–C) groups is 1. The van der Waals surface area contributed by atoms with Crippen LogP contribution in [0.5, 0.6) is 0 Å². The van der Waals surface area contributed by atoms with Crippen LogP contribution in [0, 0.1) is 0 Å².